The van der Waals surface area contributed by atoms with E-state index in [2.05, 4.69) is 10.4 Å². The van der Waals surface area contributed by atoms with Crippen LogP contribution >= 0.6 is 0 Å². The van der Waals surface area contributed by atoms with Crippen LogP contribution < -0.4 is 16.4 Å². The van der Waals surface area contributed by atoms with E-state index in [0.717, 1.165) is 36.3 Å². The number of carbonyl (C=O) groups is 1. The summed E-state index contributed by atoms with van der Waals surface area (Å²) in [4.78, 5) is 34.0. The van der Waals surface area contributed by atoms with Crippen molar-refractivity contribution in [3.63, 3.8) is 0 Å². The number of nitrogens with one attached hydrogen (secondary N) is 2. The molecule has 98 valence electrons. The van der Waals surface area contributed by atoms with Crippen LogP contribution in [-0.4, -0.2) is 34.9 Å². The zero-order chi connectivity index (χ0) is 13.0. The fourth-order valence-corrected chi connectivity index (χ4v) is 1.81. The molecule has 1 amide bonds. The smallest absolute Gasteiger partial charge is 0.265 e. The van der Waals surface area contributed by atoms with Gasteiger partial charge in [0.2, 0.25) is 5.91 Å². The Morgan fingerprint density at radius 1 is 1.50 bits per heavy atom. The highest BCUT2D eigenvalue weighted by Crippen LogP contribution is 2.10. The second-order valence-electron chi connectivity index (χ2n) is 4.17. The summed E-state index contributed by atoms with van der Waals surface area (Å²) in [7, 11) is 0. The van der Waals surface area contributed by atoms with Crippen LogP contribution in [0.5, 0.6) is 0 Å². The summed E-state index contributed by atoms with van der Waals surface area (Å²) in [5, 5.41) is 4.97. The molecule has 0 spiro atoms. The highest BCUT2D eigenvalue weighted by molar-refractivity contribution is 5.75. The number of nitrogens with zero attached hydrogens (tertiary/aromatic N) is 1. The van der Waals surface area contributed by atoms with E-state index in [4.69, 9.17) is 4.74 Å². The largest absolute Gasteiger partial charge is 0.376 e. The summed E-state index contributed by atoms with van der Waals surface area (Å²) in [6.07, 6.45) is 1.99. The van der Waals surface area contributed by atoms with Crippen LogP contribution in [0.4, 0.5) is 0 Å². The number of carbonyl (C=O) groups excluding carboxylic acids is 1. The number of amides is 1. The van der Waals surface area contributed by atoms with Crippen LogP contribution in [0.25, 0.3) is 0 Å². The molecule has 7 heteroatoms. The van der Waals surface area contributed by atoms with Crippen molar-refractivity contribution in [3.8, 4) is 0 Å². The maximum atomic E-state index is 11.6. The predicted octanol–water partition coefficient (Wildman–Crippen LogP) is -1.17. The molecule has 0 aliphatic carbocycles. The van der Waals surface area contributed by atoms with Gasteiger partial charge in [-0.3, -0.25) is 19.5 Å². The standard InChI is InChI=1S/C11H15N3O4/c15-9-3-4-11(17)14(13-9)7-10(16)12-6-8-2-1-5-18-8/h3-4,8H,1-2,5-7H2,(H,12,16)(H,13,15)/t8-/m0/s1. The van der Waals surface area contributed by atoms with Gasteiger partial charge >= 0.3 is 0 Å². The first kappa shape index (κ1) is 12.6. The molecule has 0 unspecified atom stereocenters. The minimum absolute atomic E-state index is 0.0560. The van der Waals surface area contributed by atoms with Gasteiger partial charge in [0.1, 0.15) is 6.54 Å². The van der Waals surface area contributed by atoms with E-state index >= 15 is 0 Å². The first-order chi connectivity index (χ1) is 8.65. The topological polar surface area (TPSA) is 93.2 Å². The van der Waals surface area contributed by atoms with Gasteiger partial charge in [-0.2, -0.15) is 0 Å². The fraction of sp³-hybridized carbons (Fsp3) is 0.545. The average molecular weight is 253 g/mol. The van der Waals surface area contributed by atoms with Gasteiger partial charge in [0.05, 0.1) is 6.10 Å². The Morgan fingerprint density at radius 3 is 3.06 bits per heavy atom. The van der Waals surface area contributed by atoms with Crippen LogP contribution in [0.1, 0.15) is 12.8 Å². The molecule has 18 heavy (non-hydrogen) atoms. The predicted molar refractivity (Wildman–Crippen MR) is 63.3 cm³/mol. The summed E-state index contributed by atoms with van der Waals surface area (Å²) >= 11 is 0. The second kappa shape index (κ2) is 5.63. The van der Waals surface area contributed by atoms with Gasteiger partial charge in [-0.1, -0.05) is 0 Å². The molecule has 1 aromatic heterocycles. The lowest BCUT2D eigenvalue weighted by Crippen LogP contribution is -2.38. The lowest BCUT2D eigenvalue weighted by atomic mass is 10.2. The van der Waals surface area contributed by atoms with E-state index in [1.807, 2.05) is 0 Å². The van der Waals surface area contributed by atoms with E-state index < -0.39 is 11.1 Å². The van der Waals surface area contributed by atoms with E-state index in [0.29, 0.717) is 6.54 Å². The molecule has 1 aromatic rings. The van der Waals surface area contributed by atoms with Gasteiger partial charge in [0, 0.05) is 25.3 Å². The lowest BCUT2D eigenvalue weighted by Gasteiger charge is -2.11. The van der Waals surface area contributed by atoms with Crippen molar-refractivity contribution in [1.29, 1.82) is 0 Å². The first-order valence-electron chi connectivity index (χ1n) is 5.83. The normalized spacial score (nSPS) is 18.8. The molecule has 0 bridgehead atoms. The van der Waals surface area contributed by atoms with E-state index in [-0.39, 0.29) is 18.6 Å². The highest BCUT2D eigenvalue weighted by atomic mass is 16.5. The van der Waals surface area contributed by atoms with Gasteiger partial charge in [-0.25, -0.2) is 4.68 Å². The van der Waals surface area contributed by atoms with E-state index in [1.165, 1.54) is 0 Å². The quantitative estimate of drug-likeness (QED) is 0.707. The fourth-order valence-electron chi connectivity index (χ4n) is 1.81. The lowest BCUT2D eigenvalue weighted by molar-refractivity contribution is -0.122. The van der Waals surface area contributed by atoms with E-state index in [9.17, 15) is 14.4 Å². The van der Waals surface area contributed by atoms with Crippen LogP contribution in [0, 0.1) is 0 Å². The molecule has 2 rings (SSSR count). The molecule has 0 aromatic carbocycles. The van der Waals surface area contributed by atoms with Gasteiger partial charge in [-0.15, -0.1) is 0 Å². The third kappa shape index (κ3) is 3.30. The number of H-pyrrole nitrogens is 1. The Hall–Kier alpha value is -1.89. The van der Waals surface area contributed by atoms with Crippen molar-refractivity contribution in [3.05, 3.63) is 32.8 Å². The monoisotopic (exact) mass is 253 g/mol. The molecule has 1 aliphatic rings. The molecule has 2 N–H and O–H groups in total. The van der Waals surface area contributed by atoms with Crippen LogP contribution in [0.2, 0.25) is 0 Å². The minimum Gasteiger partial charge on any atom is -0.376 e. The molecular weight excluding hydrogens is 238 g/mol. The summed E-state index contributed by atoms with van der Waals surface area (Å²) in [6, 6.07) is 2.26. The molecule has 0 radical (unpaired) electrons. The molecule has 2 heterocycles. The van der Waals surface area contributed by atoms with Crippen molar-refractivity contribution in [2.24, 2.45) is 0 Å². The zero-order valence-corrected chi connectivity index (χ0v) is 9.85. The number of ether oxygens (including phenoxy) is 1. The van der Waals surface area contributed by atoms with Crippen molar-refractivity contribution >= 4 is 5.91 Å². The van der Waals surface area contributed by atoms with Crippen molar-refractivity contribution in [2.45, 2.75) is 25.5 Å². The Morgan fingerprint density at radius 2 is 2.33 bits per heavy atom. The second-order valence-corrected chi connectivity index (χ2v) is 4.17. The Kier molecular flexibility index (Phi) is 3.93. The van der Waals surface area contributed by atoms with Crippen molar-refractivity contribution < 1.29 is 9.53 Å². The Labute approximate surface area is 103 Å². The SMILES string of the molecule is O=C(Cn1[nH]c(=O)ccc1=O)NC[C@@H]1CCCO1. The summed E-state index contributed by atoms with van der Waals surface area (Å²) in [5.74, 6) is -0.325. The molecule has 0 saturated carbocycles. The average Bonchev–Trinajstić information content (AvgIpc) is 2.84. The third-order valence-electron chi connectivity index (χ3n) is 2.74. The van der Waals surface area contributed by atoms with E-state index in [1.54, 1.807) is 0 Å². The number of hydrogen-bond donors (Lipinski definition) is 2. The highest BCUT2D eigenvalue weighted by Gasteiger charge is 2.16. The molecule has 1 aliphatic heterocycles. The maximum absolute atomic E-state index is 11.6. The third-order valence-corrected chi connectivity index (χ3v) is 2.74. The van der Waals surface area contributed by atoms with Gasteiger partial charge in [0.15, 0.2) is 0 Å². The maximum Gasteiger partial charge on any atom is 0.265 e. The minimum atomic E-state index is -0.415. The van der Waals surface area contributed by atoms with Crippen LogP contribution in [0.3, 0.4) is 0 Å². The van der Waals surface area contributed by atoms with Crippen LogP contribution in [-0.2, 0) is 16.1 Å². The zero-order valence-electron chi connectivity index (χ0n) is 9.85. The molecule has 7 nitrogen and oxygen atoms in total. The van der Waals surface area contributed by atoms with Gasteiger partial charge in [-0.05, 0) is 12.8 Å². The Bertz CT molecular complexity index is 528. The first-order valence-corrected chi connectivity index (χ1v) is 5.83. The number of hydrogen-bond acceptors (Lipinski definition) is 4. The van der Waals surface area contributed by atoms with Crippen molar-refractivity contribution in [2.75, 3.05) is 13.2 Å². The van der Waals surface area contributed by atoms with Gasteiger partial charge in [0.25, 0.3) is 11.1 Å². The summed E-state index contributed by atoms with van der Waals surface area (Å²) < 4.78 is 6.33. The van der Waals surface area contributed by atoms with Crippen LogP contribution in [0.15, 0.2) is 21.7 Å². The molecular formula is C11H15N3O4. The number of aromatic nitrogens is 2. The number of aromatic amines is 1. The summed E-state index contributed by atoms with van der Waals surface area (Å²) in [5.41, 5.74) is -0.830. The Balaban J connectivity index is 1.88. The molecule has 1 atom stereocenters. The summed E-state index contributed by atoms with van der Waals surface area (Å²) in [6.45, 7) is 0.971. The molecule has 1 fully saturated rings. The van der Waals surface area contributed by atoms with Crippen molar-refractivity contribution in [1.82, 2.24) is 15.1 Å². The van der Waals surface area contributed by atoms with Gasteiger partial charge < -0.3 is 10.1 Å². The number of rotatable bonds is 4. The molecule has 1 saturated heterocycles.